The molecule has 5 nitrogen and oxygen atoms in total. The van der Waals surface area contributed by atoms with Crippen molar-refractivity contribution in [2.45, 2.75) is 32.7 Å². The average molecular weight is 380 g/mol. The van der Waals surface area contributed by atoms with Gasteiger partial charge in [0, 0.05) is 37.4 Å². The molecule has 2 amide bonds. The van der Waals surface area contributed by atoms with E-state index >= 15 is 0 Å². The van der Waals surface area contributed by atoms with E-state index in [1.165, 1.54) is 5.56 Å². The summed E-state index contributed by atoms with van der Waals surface area (Å²) < 4.78 is 0. The van der Waals surface area contributed by atoms with Crippen LogP contribution in [-0.2, 0) is 4.79 Å². The molecule has 2 aromatic rings. The van der Waals surface area contributed by atoms with Crippen molar-refractivity contribution >= 4 is 17.5 Å². The zero-order chi connectivity index (χ0) is 20.1. The number of nitrogens with zero attached hydrogens (tertiary/aromatic N) is 2. The molecule has 28 heavy (non-hydrogen) atoms. The van der Waals surface area contributed by atoms with E-state index in [0.717, 1.165) is 5.69 Å². The molecule has 148 valence electrons. The summed E-state index contributed by atoms with van der Waals surface area (Å²) in [6, 6.07) is 17.1. The molecule has 3 rings (SSSR count). The Labute approximate surface area is 167 Å². The molecule has 0 aromatic heterocycles. The quantitative estimate of drug-likeness (QED) is 0.864. The van der Waals surface area contributed by atoms with E-state index in [-0.39, 0.29) is 17.9 Å². The summed E-state index contributed by atoms with van der Waals surface area (Å²) in [5.41, 5.74) is 2.79. The highest BCUT2D eigenvalue weighted by Gasteiger charge is 2.27. The maximum absolute atomic E-state index is 12.6. The lowest BCUT2D eigenvalue weighted by Gasteiger charge is -2.37. The number of amides is 2. The fourth-order valence-electron chi connectivity index (χ4n) is 3.44. The molecule has 1 N–H and O–H groups in total. The molecule has 1 fully saturated rings. The maximum atomic E-state index is 12.6. The molecule has 1 aliphatic rings. The summed E-state index contributed by atoms with van der Waals surface area (Å²) in [6.45, 7) is 8.88. The van der Waals surface area contributed by atoms with Crippen LogP contribution in [0.4, 0.5) is 5.69 Å². The van der Waals surface area contributed by atoms with E-state index in [9.17, 15) is 9.59 Å². The molecular weight excluding hydrogens is 350 g/mol. The Bertz CT molecular complexity index is 794. The minimum Gasteiger partial charge on any atom is -0.336 e. The second-order valence-corrected chi connectivity index (χ2v) is 7.64. The Kier molecular flexibility index (Phi) is 6.47. The molecule has 1 saturated heterocycles. The van der Waals surface area contributed by atoms with Gasteiger partial charge in [0.05, 0.1) is 6.04 Å². The second-order valence-electron chi connectivity index (χ2n) is 7.64. The molecule has 0 saturated carbocycles. The molecule has 5 heteroatoms. The third-order valence-corrected chi connectivity index (χ3v) is 5.39. The standard InChI is InChI=1S/C23H29N3O2/c1-17(2)19-9-11-21(12-10-19)24-22(27)18(3)25-13-15-26(16-14-25)23(28)20-7-5-4-6-8-20/h4-12,17-18H,13-16H2,1-3H3,(H,24,27). The van der Waals surface area contributed by atoms with Gasteiger partial charge in [-0.2, -0.15) is 0 Å². The fraction of sp³-hybridized carbons (Fsp3) is 0.391. The van der Waals surface area contributed by atoms with Crippen molar-refractivity contribution in [2.24, 2.45) is 0 Å². The van der Waals surface area contributed by atoms with Crippen LogP contribution in [0.1, 0.15) is 42.6 Å². The van der Waals surface area contributed by atoms with E-state index < -0.39 is 0 Å². The van der Waals surface area contributed by atoms with Crippen molar-refractivity contribution in [3.63, 3.8) is 0 Å². The van der Waals surface area contributed by atoms with Crippen molar-refractivity contribution in [2.75, 3.05) is 31.5 Å². The number of carbonyl (C=O) groups excluding carboxylic acids is 2. The molecule has 1 aliphatic heterocycles. The molecule has 0 spiro atoms. The first-order valence-electron chi connectivity index (χ1n) is 9.95. The van der Waals surface area contributed by atoms with Crippen LogP contribution in [0.5, 0.6) is 0 Å². The van der Waals surface area contributed by atoms with Crippen LogP contribution in [0.3, 0.4) is 0 Å². The summed E-state index contributed by atoms with van der Waals surface area (Å²) in [4.78, 5) is 29.2. The summed E-state index contributed by atoms with van der Waals surface area (Å²) in [7, 11) is 0. The molecular formula is C23H29N3O2. The number of carbonyl (C=O) groups is 2. The SMILES string of the molecule is CC(C)c1ccc(NC(=O)C(C)N2CCN(C(=O)c3ccccc3)CC2)cc1. The summed E-state index contributed by atoms with van der Waals surface area (Å²) in [5.74, 6) is 0.515. The van der Waals surface area contributed by atoms with Crippen molar-refractivity contribution < 1.29 is 9.59 Å². The lowest BCUT2D eigenvalue weighted by Crippen LogP contribution is -2.54. The number of benzene rings is 2. The Morgan fingerprint density at radius 3 is 2.04 bits per heavy atom. The topological polar surface area (TPSA) is 52.7 Å². The second kappa shape index (κ2) is 9.02. The van der Waals surface area contributed by atoms with Gasteiger partial charge in [0.15, 0.2) is 0 Å². The zero-order valence-corrected chi connectivity index (χ0v) is 16.9. The minimum atomic E-state index is -0.237. The van der Waals surface area contributed by atoms with Gasteiger partial charge in [-0.25, -0.2) is 0 Å². The van der Waals surface area contributed by atoms with Crippen LogP contribution >= 0.6 is 0 Å². The van der Waals surface area contributed by atoms with Gasteiger partial charge < -0.3 is 10.2 Å². The molecule has 0 aliphatic carbocycles. The normalized spacial score (nSPS) is 16.1. The third kappa shape index (κ3) is 4.78. The fourth-order valence-corrected chi connectivity index (χ4v) is 3.44. The van der Waals surface area contributed by atoms with Crippen LogP contribution in [-0.4, -0.2) is 53.8 Å². The first kappa shape index (κ1) is 20.1. The average Bonchev–Trinajstić information content (AvgIpc) is 2.73. The van der Waals surface area contributed by atoms with Gasteiger partial charge in [0.1, 0.15) is 0 Å². The minimum absolute atomic E-state index is 0.0138. The van der Waals surface area contributed by atoms with E-state index in [2.05, 4.69) is 36.2 Å². The largest absolute Gasteiger partial charge is 0.336 e. The lowest BCUT2D eigenvalue weighted by molar-refractivity contribution is -0.121. The molecule has 1 unspecified atom stereocenters. The summed E-state index contributed by atoms with van der Waals surface area (Å²) in [6.07, 6.45) is 0. The van der Waals surface area contributed by atoms with Crippen molar-refractivity contribution in [3.05, 3.63) is 65.7 Å². The van der Waals surface area contributed by atoms with Crippen LogP contribution in [0.25, 0.3) is 0 Å². The zero-order valence-electron chi connectivity index (χ0n) is 16.9. The predicted octanol–water partition coefficient (Wildman–Crippen LogP) is 3.60. The Balaban J connectivity index is 1.52. The number of hydrogen-bond donors (Lipinski definition) is 1. The number of rotatable bonds is 5. The van der Waals surface area contributed by atoms with Crippen molar-refractivity contribution in [3.8, 4) is 0 Å². The van der Waals surface area contributed by atoms with E-state index in [4.69, 9.17) is 0 Å². The molecule has 0 bridgehead atoms. The Hall–Kier alpha value is -2.66. The summed E-state index contributed by atoms with van der Waals surface area (Å²) in [5, 5.41) is 3.00. The van der Waals surface area contributed by atoms with Crippen LogP contribution in [0, 0.1) is 0 Å². The predicted molar refractivity (Wildman–Crippen MR) is 113 cm³/mol. The first-order valence-corrected chi connectivity index (χ1v) is 9.95. The van der Waals surface area contributed by atoms with E-state index in [0.29, 0.717) is 37.7 Å². The smallest absolute Gasteiger partial charge is 0.253 e. The molecule has 1 heterocycles. The van der Waals surface area contributed by atoms with Gasteiger partial charge in [0.2, 0.25) is 5.91 Å². The van der Waals surface area contributed by atoms with E-state index in [1.807, 2.05) is 54.3 Å². The number of hydrogen-bond acceptors (Lipinski definition) is 3. The van der Waals surface area contributed by atoms with E-state index in [1.54, 1.807) is 0 Å². The van der Waals surface area contributed by atoms with Gasteiger partial charge in [-0.3, -0.25) is 14.5 Å². The molecule has 1 atom stereocenters. The first-order chi connectivity index (χ1) is 13.5. The van der Waals surface area contributed by atoms with Gasteiger partial charge in [0.25, 0.3) is 5.91 Å². The molecule has 0 radical (unpaired) electrons. The number of anilines is 1. The van der Waals surface area contributed by atoms with Crippen LogP contribution < -0.4 is 5.32 Å². The Morgan fingerprint density at radius 2 is 1.46 bits per heavy atom. The van der Waals surface area contributed by atoms with Crippen LogP contribution in [0.2, 0.25) is 0 Å². The third-order valence-electron chi connectivity index (χ3n) is 5.39. The number of nitrogens with one attached hydrogen (secondary N) is 1. The van der Waals surface area contributed by atoms with Gasteiger partial charge in [-0.15, -0.1) is 0 Å². The van der Waals surface area contributed by atoms with Crippen LogP contribution in [0.15, 0.2) is 54.6 Å². The lowest BCUT2D eigenvalue weighted by atomic mass is 10.0. The highest BCUT2D eigenvalue weighted by atomic mass is 16.2. The van der Waals surface area contributed by atoms with Crippen molar-refractivity contribution in [1.82, 2.24) is 9.80 Å². The maximum Gasteiger partial charge on any atom is 0.253 e. The van der Waals surface area contributed by atoms with Gasteiger partial charge >= 0.3 is 0 Å². The monoisotopic (exact) mass is 379 g/mol. The Morgan fingerprint density at radius 1 is 0.857 bits per heavy atom. The highest BCUT2D eigenvalue weighted by molar-refractivity contribution is 5.95. The number of piperazine rings is 1. The highest BCUT2D eigenvalue weighted by Crippen LogP contribution is 2.18. The van der Waals surface area contributed by atoms with Gasteiger partial charge in [-0.1, -0.05) is 44.2 Å². The van der Waals surface area contributed by atoms with Crippen molar-refractivity contribution in [1.29, 1.82) is 0 Å². The van der Waals surface area contributed by atoms with Gasteiger partial charge in [-0.05, 0) is 42.7 Å². The summed E-state index contributed by atoms with van der Waals surface area (Å²) >= 11 is 0. The molecule has 2 aromatic carbocycles.